The summed E-state index contributed by atoms with van der Waals surface area (Å²) >= 11 is 0. The first-order valence-corrected chi connectivity index (χ1v) is 9.01. The molecule has 7 heteroatoms. The number of ether oxygens (including phenoxy) is 1. The summed E-state index contributed by atoms with van der Waals surface area (Å²) in [4.78, 5) is 8.77. The van der Waals surface area contributed by atoms with Gasteiger partial charge in [-0.15, -0.1) is 24.0 Å². The van der Waals surface area contributed by atoms with Gasteiger partial charge in [0.05, 0.1) is 18.8 Å². The molecule has 146 valence electrons. The zero-order valence-corrected chi connectivity index (χ0v) is 17.9. The van der Waals surface area contributed by atoms with E-state index in [1.807, 2.05) is 48.5 Å². The molecule has 1 aliphatic heterocycles. The molecule has 1 atom stereocenters. The van der Waals surface area contributed by atoms with Crippen molar-refractivity contribution in [3.8, 4) is 17.2 Å². The first-order chi connectivity index (χ1) is 13.3. The van der Waals surface area contributed by atoms with E-state index in [1.165, 1.54) is 5.56 Å². The highest BCUT2D eigenvalue weighted by molar-refractivity contribution is 14.0. The molecule has 2 heterocycles. The van der Waals surface area contributed by atoms with Crippen molar-refractivity contribution in [3.05, 3.63) is 72.1 Å². The van der Waals surface area contributed by atoms with Gasteiger partial charge in [0.1, 0.15) is 18.1 Å². The van der Waals surface area contributed by atoms with Crippen LogP contribution in [0.25, 0.3) is 11.5 Å². The van der Waals surface area contributed by atoms with Gasteiger partial charge in [0.25, 0.3) is 0 Å². The molecule has 0 radical (unpaired) electrons. The third-order valence-corrected chi connectivity index (χ3v) is 4.44. The average Bonchev–Trinajstić information content (AvgIpc) is 3.35. The quantitative estimate of drug-likeness (QED) is 0.325. The fraction of sp³-hybridized carbons (Fsp3) is 0.238. The Hall–Kier alpha value is -2.55. The Morgan fingerprint density at radius 3 is 2.68 bits per heavy atom. The Balaban J connectivity index is 0.00000225. The second-order valence-electron chi connectivity index (χ2n) is 6.37. The predicted molar refractivity (Wildman–Crippen MR) is 120 cm³/mol. The average molecular weight is 490 g/mol. The van der Waals surface area contributed by atoms with Crippen LogP contribution >= 0.6 is 24.0 Å². The molecule has 1 unspecified atom stereocenters. The van der Waals surface area contributed by atoms with Crippen molar-refractivity contribution < 1.29 is 9.15 Å². The van der Waals surface area contributed by atoms with Crippen molar-refractivity contribution in [1.82, 2.24) is 15.6 Å². The number of benzene rings is 2. The maximum Gasteiger partial charge on any atom is 0.226 e. The first-order valence-electron chi connectivity index (χ1n) is 9.01. The number of aliphatic imine (C=N–C) groups is 1. The summed E-state index contributed by atoms with van der Waals surface area (Å²) in [6.07, 6.45) is 2.68. The first kappa shape index (κ1) is 20.2. The fourth-order valence-electron chi connectivity index (χ4n) is 3.07. The number of oxazole rings is 1. The number of guanidine groups is 1. The van der Waals surface area contributed by atoms with Gasteiger partial charge in [-0.1, -0.05) is 36.4 Å². The molecule has 0 bridgehead atoms. The fourth-order valence-corrected chi connectivity index (χ4v) is 3.07. The maximum absolute atomic E-state index is 5.94. The lowest BCUT2D eigenvalue weighted by Crippen LogP contribution is -2.42. The van der Waals surface area contributed by atoms with Crippen molar-refractivity contribution >= 4 is 29.9 Å². The molecule has 0 aliphatic carbocycles. The normalized spacial score (nSPS) is 15.3. The van der Waals surface area contributed by atoms with E-state index in [-0.39, 0.29) is 30.1 Å². The van der Waals surface area contributed by atoms with Gasteiger partial charge in [0.2, 0.25) is 5.89 Å². The molecule has 0 spiro atoms. The highest BCUT2D eigenvalue weighted by Crippen LogP contribution is 2.27. The van der Waals surface area contributed by atoms with Crippen LogP contribution in [0.3, 0.4) is 0 Å². The van der Waals surface area contributed by atoms with E-state index < -0.39 is 0 Å². The molecule has 4 rings (SSSR count). The van der Waals surface area contributed by atoms with Gasteiger partial charge >= 0.3 is 0 Å². The number of para-hydroxylation sites is 1. The molecule has 0 saturated heterocycles. The standard InChI is InChI=1S/C21H22N4O2.HI/c1-22-21(24-13-18-11-16-9-5-6-10-19(16)27-18)23-12-17-14-26-20(25-17)15-7-3-2-4-8-15;/h2-10,14,18H,11-13H2,1H3,(H2,22,23,24);1H. The monoisotopic (exact) mass is 490 g/mol. The summed E-state index contributed by atoms with van der Waals surface area (Å²) in [5.74, 6) is 2.30. The Kier molecular flexibility index (Phi) is 6.91. The van der Waals surface area contributed by atoms with Crippen LogP contribution < -0.4 is 15.4 Å². The van der Waals surface area contributed by atoms with E-state index in [1.54, 1.807) is 13.3 Å². The molecular weight excluding hydrogens is 467 g/mol. The number of nitrogens with zero attached hydrogens (tertiary/aromatic N) is 2. The Morgan fingerprint density at radius 1 is 1.11 bits per heavy atom. The minimum absolute atomic E-state index is 0. The van der Waals surface area contributed by atoms with Crippen molar-refractivity contribution in [2.24, 2.45) is 4.99 Å². The molecule has 2 aromatic carbocycles. The summed E-state index contributed by atoms with van der Waals surface area (Å²) < 4.78 is 11.5. The largest absolute Gasteiger partial charge is 0.488 e. The highest BCUT2D eigenvalue weighted by Gasteiger charge is 2.22. The van der Waals surface area contributed by atoms with E-state index in [0.29, 0.717) is 24.9 Å². The number of hydrogen-bond donors (Lipinski definition) is 2. The second-order valence-corrected chi connectivity index (χ2v) is 6.37. The van der Waals surface area contributed by atoms with E-state index in [2.05, 4.69) is 26.7 Å². The number of nitrogens with one attached hydrogen (secondary N) is 2. The topological polar surface area (TPSA) is 71.7 Å². The van der Waals surface area contributed by atoms with E-state index in [0.717, 1.165) is 23.4 Å². The molecule has 1 aromatic heterocycles. The molecule has 1 aliphatic rings. The van der Waals surface area contributed by atoms with Crippen LogP contribution in [0.15, 0.2) is 70.3 Å². The van der Waals surface area contributed by atoms with Crippen LogP contribution in [0.5, 0.6) is 5.75 Å². The van der Waals surface area contributed by atoms with Crippen molar-refractivity contribution in [2.45, 2.75) is 19.1 Å². The summed E-state index contributed by atoms with van der Waals surface area (Å²) in [5.41, 5.74) is 3.04. The van der Waals surface area contributed by atoms with Gasteiger partial charge in [-0.05, 0) is 23.8 Å². The van der Waals surface area contributed by atoms with Gasteiger partial charge in [-0.25, -0.2) is 4.98 Å². The molecule has 3 aromatic rings. The van der Waals surface area contributed by atoms with Gasteiger partial charge in [0, 0.05) is 19.0 Å². The summed E-state index contributed by atoms with van der Waals surface area (Å²) in [6, 6.07) is 18.0. The van der Waals surface area contributed by atoms with E-state index in [4.69, 9.17) is 9.15 Å². The van der Waals surface area contributed by atoms with Gasteiger partial charge in [0.15, 0.2) is 5.96 Å². The van der Waals surface area contributed by atoms with Gasteiger partial charge in [-0.3, -0.25) is 4.99 Å². The predicted octanol–water partition coefficient (Wildman–Crippen LogP) is 3.63. The third kappa shape index (κ3) is 4.83. The molecular formula is C21H23IN4O2. The van der Waals surface area contributed by atoms with Gasteiger partial charge < -0.3 is 19.8 Å². The summed E-state index contributed by atoms with van der Waals surface area (Å²) in [6.45, 7) is 1.21. The zero-order chi connectivity index (χ0) is 18.5. The number of hydrogen-bond acceptors (Lipinski definition) is 4. The Morgan fingerprint density at radius 2 is 1.89 bits per heavy atom. The van der Waals surface area contributed by atoms with Gasteiger partial charge in [-0.2, -0.15) is 0 Å². The number of rotatable bonds is 5. The van der Waals surface area contributed by atoms with Crippen molar-refractivity contribution in [3.63, 3.8) is 0 Å². The minimum Gasteiger partial charge on any atom is -0.488 e. The number of fused-ring (bicyclic) bond motifs is 1. The SMILES string of the molecule is CN=C(NCc1coc(-c2ccccc2)n1)NCC1Cc2ccccc2O1.I. The molecule has 2 N–H and O–H groups in total. The smallest absolute Gasteiger partial charge is 0.226 e. The van der Waals surface area contributed by atoms with Crippen molar-refractivity contribution in [1.29, 1.82) is 0 Å². The van der Waals surface area contributed by atoms with Crippen LogP contribution in [-0.2, 0) is 13.0 Å². The highest BCUT2D eigenvalue weighted by atomic mass is 127. The van der Waals surface area contributed by atoms with E-state index >= 15 is 0 Å². The molecule has 6 nitrogen and oxygen atoms in total. The number of aromatic nitrogens is 1. The van der Waals surface area contributed by atoms with Crippen LogP contribution in [-0.4, -0.2) is 30.6 Å². The lowest BCUT2D eigenvalue weighted by Gasteiger charge is -2.15. The Labute approximate surface area is 181 Å². The van der Waals surface area contributed by atoms with Crippen LogP contribution in [0, 0.1) is 0 Å². The summed E-state index contributed by atoms with van der Waals surface area (Å²) in [5, 5.41) is 6.57. The molecule has 0 saturated carbocycles. The zero-order valence-electron chi connectivity index (χ0n) is 15.6. The summed E-state index contributed by atoms with van der Waals surface area (Å²) in [7, 11) is 1.75. The molecule has 0 amide bonds. The second kappa shape index (κ2) is 9.59. The van der Waals surface area contributed by atoms with Crippen molar-refractivity contribution in [2.75, 3.05) is 13.6 Å². The number of halogens is 1. The third-order valence-electron chi connectivity index (χ3n) is 4.44. The lowest BCUT2D eigenvalue weighted by atomic mass is 10.1. The van der Waals surface area contributed by atoms with Crippen LogP contribution in [0.4, 0.5) is 0 Å². The minimum atomic E-state index is 0. The lowest BCUT2D eigenvalue weighted by molar-refractivity contribution is 0.235. The van der Waals surface area contributed by atoms with E-state index in [9.17, 15) is 0 Å². The molecule has 0 fully saturated rings. The van der Waals surface area contributed by atoms with Crippen LogP contribution in [0.1, 0.15) is 11.3 Å². The molecule has 28 heavy (non-hydrogen) atoms. The Bertz CT molecular complexity index is 902. The maximum atomic E-state index is 5.94. The van der Waals surface area contributed by atoms with Crippen LogP contribution in [0.2, 0.25) is 0 Å².